The summed E-state index contributed by atoms with van der Waals surface area (Å²) in [6, 6.07) is 13.7. The maximum Gasteiger partial charge on any atom is 0.269 e. The van der Waals surface area contributed by atoms with Crippen LogP contribution in [0.5, 0.6) is 11.5 Å². The van der Waals surface area contributed by atoms with Crippen LogP contribution in [0, 0.1) is 13.7 Å². The summed E-state index contributed by atoms with van der Waals surface area (Å²) in [7, 11) is 0. The lowest BCUT2D eigenvalue weighted by Crippen LogP contribution is -2.08. The quantitative estimate of drug-likeness (QED) is 0.330. The average Bonchev–Trinajstić information content (AvgIpc) is 2.46. The van der Waals surface area contributed by atoms with Crippen LogP contribution in [0.2, 0.25) is 0 Å². The molecule has 0 saturated heterocycles. The lowest BCUT2D eigenvalue weighted by molar-refractivity contribution is -0.384. The second kappa shape index (κ2) is 7.09. The zero-order valence-corrected chi connectivity index (χ0v) is 12.6. The van der Waals surface area contributed by atoms with E-state index < -0.39 is 4.92 Å². The Morgan fingerprint density at radius 2 is 1.35 bits per heavy atom. The van der Waals surface area contributed by atoms with Crippen LogP contribution in [0.15, 0.2) is 48.5 Å². The maximum atomic E-state index is 10.5. The van der Waals surface area contributed by atoms with Crippen LogP contribution in [0.25, 0.3) is 0 Å². The number of nitrogens with zero attached hydrogens (tertiary/aromatic N) is 1. The Morgan fingerprint density at radius 1 is 0.900 bits per heavy atom. The molecule has 0 atom stereocenters. The summed E-state index contributed by atoms with van der Waals surface area (Å²) in [6.45, 7) is 0.793. The molecule has 0 N–H and O–H groups in total. The zero-order valence-electron chi connectivity index (χ0n) is 10.5. The Hall–Kier alpha value is -1.83. The van der Waals surface area contributed by atoms with Gasteiger partial charge in [0.15, 0.2) is 0 Å². The van der Waals surface area contributed by atoms with Gasteiger partial charge in [0.1, 0.15) is 24.7 Å². The highest BCUT2D eigenvalue weighted by atomic mass is 127. The minimum absolute atomic E-state index is 0.0486. The molecule has 0 unspecified atom stereocenters. The van der Waals surface area contributed by atoms with Crippen LogP contribution in [0.4, 0.5) is 5.69 Å². The van der Waals surface area contributed by atoms with Gasteiger partial charge in [-0.25, -0.2) is 0 Å². The molecular weight excluding hydrogens is 373 g/mol. The van der Waals surface area contributed by atoms with E-state index in [1.165, 1.54) is 12.1 Å². The van der Waals surface area contributed by atoms with Crippen molar-refractivity contribution < 1.29 is 14.4 Å². The summed E-state index contributed by atoms with van der Waals surface area (Å²) < 4.78 is 12.1. The van der Waals surface area contributed by atoms with Crippen LogP contribution in [-0.2, 0) is 0 Å². The number of nitro groups is 1. The molecule has 20 heavy (non-hydrogen) atoms. The monoisotopic (exact) mass is 385 g/mol. The Bertz CT molecular complexity index is 569. The number of benzene rings is 2. The maximum absolute atomic E-state index is 10.5. The molecule has 0 aliphatic heterocycles. The first kappa shape index (κ1) is 14.6. The van der Waals surface area contributed by atoms with Gasteiger partial charge in [0.25, 0.3) is 5.69 Å². The van der Waals surface area contributed by atoms with E-state index in [1.54, 1.807) is 12.1 Å². The molecule has 0 aliphatic carbocycles. The van der Waals surface area contributed by atoms with Crippen molar-refractivity contribution in [3.05, 3.63) is 62.2 Å². The predicted octanol–water partition coefficient (Wildman–Crippen LogP) is 3.66. The first-order valence-corrected chi connectivity index (χ1v) is 6.98. The molecule has 104 valence electrons. The van der Waals surface area contributed by atoms with Crippen LogP contribution in [-0.4, -0.2) is 18.1 Å². The number of hydrogen-bond acceptors (Lipinski definition) is 4. The fraction of sp³-hybridized carbons (Fsp3) is 0.143. The smallest absolute Gasteiger partial charge is 0.269 e. The lowest BCUT2D eigenvalue weighted by atomic mass is 10.3. The molecule has 2 aromatic carbocycles. The van der Waals surface area contributed by atoms with Gasteiger partial charge in [-0.05, 0) is 59.0 Å². The highest BCUT2D eigenvalue weighted by molar-refractivity contribution is 14.1. The normalized spacial score (nSPS) is 10.1. The number of non-ortho nitro benzene ring substituents is 1. The molecule has 6 heteroatoms. The minimum Gasteiger partial charge on any atom is -0.490 e. The van der Waals surface area contributed by atoms with Crippen molar-refractivity contribution in [3.8, 4) is 11.5 Å². The van der Waals surface area contributed by atoms with E-state index in [9.17, 15) is 10.1 Å². The highest BCUT2D eigenvalue weighted by Crippen LogP contribution is 2.17. The molecule has 0 amide bonds. The average molecular weight is 385 g/mol. The summed E-state index contributed by atoms with van der Waals surface area (Å²) in [6.07, 6.45) is 0. The van der Waals surface area contributed by atoms with Gasteiger partial charge in [-0.15, -0.1) is 0 Å². The Balaban J connectivity index is 1.75. The van der Waals surface area contributed by atoms with Gasteiger partial charge in [-0.2, -0.15) is 0 Å². The standard InChI is InChI=1S/C14H12INO4/c15-11-1-5-13(6-2-11)19-9-10-20-14-7-3-12(4-8-14)16(17)18/h1-8H,9-10H2. The SMILES string of the molecule is O=[N+]([O-])c1ccc(OCCOc2ccc(I)cc2)cc1. The van der Waals surface area contributed by atoms with Gasteiger partial charge >= 0.3 is 0 Å². The topological polar surface area (TPSA) is 61.6 Å². The van der Waals surface area contributed by atoms with E-state index in [2.05, 4.69) is 22.6 Å². The van der Waals surface area contributed by atoms with Crippen LogP contribution < -0.4 is 9.47 Å². The third-order valence-corrected chi connectivity index (χ3v) is 3.20. The summed E-state index contributed by atoms with van der Waals surface area (Å²) >= 11 is 2.23. The fourth-order valence-electron chi connectivity index (χ4n) is 1.51. The van der Waals surface area contributed by atoms with E-state index in [-0.39, 0.29) is 5.69 Å². The van der Waals surface area contributed by atoms with Crippen molar-refractivity contribution in [2.75, 3.05) is 13.2 Å². The Kier molecular flexibility index (Phi) is 5.16. The minimum atomic E-state index is -0.441. The van der Waals surface area contributed by atoms with E-state index in [0.29, 0.717) is 19.0 Å². The molecule has 2 rings (SSSR count). The summed E-state index contributed by atoms with van der Waals surface area (Å²) in [4.78, 5) is 10.1. The van der Waals surface area contributed by atoms with Gasteiger partial charge in [-0.1, -0.05) is 0 Å². The van der Waals surface area contributed by atoms with Crippen LogP contribution in [0.1, 0.15) is 0 Å². The fourth-order valence-corrected chi connectivity index (χ4v) is 1.87. The van der Waals surface area contributed by atoms with Crippen LogP contribution >= 0.6 is 22.6 Å². The molecule has 0 spiro atoms. The molecular formula is C14H12INO4. The molecule has 2 aromatic rings. The zero-order chi connectivity index (χ0) is 14.4. The Morgan fingerprint density at radius 3 is 1.80 bits per heavy atom. The largest absolute Gasteiger partial charge is 0.490 e. The van der Waals surface area contributed by atoms with Gasteiger partial charge in [0, 0.05) is 15.7 Å². The number of rotatable bonds is 6. The lowest BCUT2D eigenvalue weighted by Gasteiger charge is -2.08. The first-order chi connectivity index (χ1) is 9.65. The second-order valence-electron chi connectivity index (χ2n) is 3.90. The molecule has 0 aromatic heterocycles. The van der Waals surface area contributed by atoms with E-state index >= 15 is 0 Å². The highest BCUT2D eigenvalue weighted by Gasteiger charge is 2.04. The van der Waals surface area contributed by atoms with E-state index in [1.807, 2.05) is 24.3 Å². The van der Waals surface area contributed by atoms with E-state index in [4.69, 9.17) is 9.47 Å². The molecule has 0 bridgehead atoms. The summed E-state index contributed by atoms with van der Waals surface area (Å²) in [5, 5.41) is 10.5. The summed E-state index contributed by atoms with van der Waals surface area (Å²) in [5.74, 6) is 1.37. The number of halogens is 1. The van der Waals surface area contributed by atoms with Crippen molar-refractivity contribution in [3.63, 3.8) is 0 Å². The van der Waals surface area contributed by atoms with Crippen LogP contribution in [0.3, 0.4) is 0 Å². The van der Waals surface area contributed by atoms with Gasteiger partial charge in [0.2, 0.25) is 0 Å². The second-order valence-corrected chi connectivity index (χ2v) is 5.15. The van der Waals surface area contributed by atoms with Crippen molar-refractivity contribution in [2.45, 2.75) is 0 Å². The number of ether oxygens (including phenoxy) is 2. The van der Waals surface area contributed by atoms with Crippen molar-refractivity contribution in [1.82, 2.24) is 0 Å². The molecule has 0 fully saturated rings. The van der Waals surface area contributed by atoms with E-state index in [0.717, 1.165) is 9.32 Å². The number of nitro benzene ring substituents is 1. The molecule has 0 heterocycles. The number of hydrogen-bond donors (Lipinski definition) is 0. The van der Waals surface area contributed by atoms with Crippen molar-refractivity contribution in [2.24, 2.45) is 0 Å². The van der Waals surface area contributed by atoms with Gasteiger partial charge in [0.05, 0.1) is 4.92 Å². The molecule has 0 aliphatic rings. The third kappa shape index (κ3) is 4.37. The first-order valence-electron chi connectivity index (χ1n) is 5.91. The molecule has 0 radical (unpaired) electrons. The van der Waals surface area contributed by atoms with Crippen molar-refractivity contribution >= 4 is 28.3 Å². The van der Waals surface area contributed by atoms with Gasteiger partial charge in [-0.3, -0.25) is 10.1 Å². The van der Waals surface area contributed by atoms with Gasteiger partial charge < -0.3 is 9.47 Å². The third-order valence-electron chi connectivity index (χ3n) is 2.48. The molecule has 0 saturated carbocycles. The Labute approximate surface area is 129 Å². The molecule has 5 nitrogen and oxygen atoms in total. The predicted molar refractivity (Wildman–Crippen MR) is 83.2 cm³/mol. The summed E-state index contributed by atoms with van der Waals surface area (Å²) in [5.41, 5.74) is 0.0486. The van der Waals surface area contributed by atoms with Crippen molar-refractivity contribution in [1.29, 1.82) is 0 Å².